The van der Waals surface area contributed by atoms with Crippen molar-refractivity contribution in [3.63, 3.8) is 0 Å². The predicted octanol–water partition coefficient (Wildman–Crippen LogP) is 1.52. The normalized spacial score (nSPS) is 15.7. The monoisotopic (exact) mass is 260 g/mol. The van der Waals surface area contributed by atoms with Gasteiger partial charge in [-0.15, -0.1) is 0 Å². The van der Waals surface area contributed by atoms with Crippen molar-refractivity contribution in [1.82, 2.24) is 19.8 Å². The van der Waals surface area contributed by atoms with E-state index in [4.69, 9.17) is 4.42 Å². The van der Waals surface area contributed by atoms with Gasteiger partial charge in [0.15, 0.2) is 0 Å². The largest absolute Gasteiger partial charge is 0.465 e. The second-order valence-electron chi connectivity index (χ2n) is 5.07. The lowest BCUT2D eigenvalue weighted by atomic mass is 10.2. The van der Waals surface area contributed by atoms with Gasteiger partial charge in [0.05, 0.1) is 13.1 Å². The molecular weight excluding hydrogens is 240 g/mol. The Morgan fingerprint density at radius 2 is 2.32 bits per heavy atom. The highest BCUT2D eigenvalue weighted by molar-refractivity contribution is 5.21. The Bertz CT molecular complexity index is 558. The molecule has 2 aromatic rings. The zero-order valence-electron chi connectivity index (χ0n) is 11.5. The average Bonchev–Trinajstić information content (AvgIpc) is 2.97. The number of fused-ring (bicyclic) bond motifs is 1. The van der Waals surface area contributed by atoms with E-state index in [-0.39, 0.29) is 0 Å². The summed E-state index contributed by atoms with van der Waals surface area (Å²) in [5, 5.41) is 3.12. The first-order valence-corrected chi connectivity index (χ1v) is 6.71. The van der Waals surface area contributed by atoms with E-state index in [1.165, 1.54) is 5.56 Å². The van der Waals surface area contributed by atoms with E-state index in [0.717, 1.165) is 50.1 Å². The lowest BCUT2D eigenvalue weighted by Gasteiger charge is -2.27. The molecule has 0 radical (unpaired) electrons. The van der Waals surface area contributed by atoms with Gasteiger partial charge in [-0.1, -0.05) is 0 Å². The standard InChI is InChI=1S/C14H20N4O/c1-11-12(7-13(19-11)8-15-2)9-17-5-6-18-4-3-16-14(18)10-17/h3-4,7,15H,5-6,8-10H2,1-2H3. The van der Waals surface area contributed by atoms with Crippen molar-refractivity contribution in [1.29, 1.82) is 0 Å². The van der Waals surface area contributed by atoms with Crippen molar-refractivity contribution in [2.75, 3.05) is 13.6 Å². The summed E-state index contributed by atoms with van der Waals surface area (Å²) in [6.07, 6.45) is 3.94. The maximum atomic E-state index is 5.74. The topological polar surface area (TPSA) is 46.2 Å². The highest BCUT2D eigenvalue weighted by atomic mass is 16.3. The van der Waals surface area contributed by atoms with Crippen LogP contribution in [0.3, 0.4) is 0 Å². The van der Waals surface area contributed by atoms with Crippen molar-refractivity contribution >= 4 is 0 Å². The number of rotatable bonds is 4. The summed E-state index contributed by atoms with van der Waals surface area (Å²) in [5.74, 6) is 3.19. The van der Waals surface area contributed by atoms with Crippen LogP contribution in [0.25, 0.3) is 0 Å². The van der Waals surface area contributed by atoms with Crippen LogP contribution in [0.2, 0.25) is 0 Å². The van der Waals surface area contributed by atoms with E-state index < -0.39 is 0 Å². The molecule has 0 spiro atoms. The maximum Gasteiger partial charge on any atom is 0.122 e. The number of hydrogen-bond acceptors (Lipinski definition) is 4. The van der Waals surface area contributed by atoms with Gasteiger partial charge >= 0.3 is 0 Å². The molecule has 3 heterocycles. The number of hydrogen-bond donors (Lipinski definition) is 1. The fourth-order valence-electron chi connectivity index (χ4n) is 2.61. The van der Waals surface area contributed by atoms with Crippen LogP contribution >= 0.6 is 0 Å². The molecule has 5 heteroatoms. The van der Waals surface area contributed by atoms with Crippen molar-refractivity contribution in [2.45, 2.75) is 33.1 Å². The molecule has 0 aliphatic carbocycles. The lowest BCUT2D eigenvalue weighted by Crippen LogP contribution is -2.33. The van der Waals surface area contributed by atoms with Crippen molar-refractivity contribution in [3.05, 3.63) is 41.4 Å². The molecule has 102 valence electrons. The Kier molecular flexibility index (Phi) is 3.40. The molecule has 0 saturated heterocycles. The minimum atomic E-state index is 0.783. The molecule has 0 bridgehead atoms. The second-order valence-corrected chi connectivity index (χ2v) is 5.07. The van der Waals surface area contributed by atoms with E-state index in [0.29, 0.717) is 0 Å². The summed E-state index contributed by atoms with van der Waals surface area (Å²) in [5.41, 5.74) is 1.28. The van der Waals surface area contributed by atoms with E-state index in [1.807, 2.05) is 20.2 Å². The minimum Gasteiger partial charge on any atom is -0.465 e. The first kappa shape index (κ1) is 12.4. The van der Waals surface area contributed by atoms with Gasteiger partial charge in [-0.2, -0.15) is 0 Å². The van der Waals surface area contributed by atoms with Gasteiger partial charge in [0, 0.05) is 37.6 Å². The van der Waals surface area contributed by atoms with Gasteiger partial charge in [-0.05, 0) is 20.0 Å². The maximum absolute atomic E-state index is 5.74. The van der Waals surface area contributed by atoms with E-state index in [1.54, 1.807) is 0 Å². The molecule has 1 aliphatic heterocycles. The number of nitrogens with one attached hydrogen (secondary N) is 1. The quantitative estimate of drug-likeness (QED) is 0.905. The zero-order chi connectivity index (χ0) is 13.2. The Balaban J connectivity index is 1.69. The fraction of sp³-hybridized carbons (Fsp3) is 0.500. The first-order chi connectivity index (χ1) is 9.26. The highest BCUT2D eigenvalue weighted by Gasteiger charge is 2.18. The summed E-state index contributed by atoms with van der Waals surface area (Å²) in [6, 6.07) is 2.16. The molecule has 0 fully saturated rings. The Morgan fingerprint density at radius 3 is 3.16 bits per heavy atom. The lowest BCUT2D eigenvalue weighted by molar-refractivity contribution is 0.207. The molecule has 5 nitrogen and oxygen atoms in total. The molecule has 0 atom stereocenters. The molecule has 19 heavy (non-hydrogen) atoms. The number of nitrogens with zero attached hydrogens (tertiary/aromatic N) is 3. The molecule has 0 aromatic carbocycles. The highest BCUT2D eigenvalue weighted by Crippen LogP contribution is 2.19. The van der Waals surface area contributed by atoms with Crippen LogP contribution in [-0.2, 0) is 26.2 Å². The summed E-state index contributed by atoms with van der Waals surface area (Å²) in [6.45, 7) is 6.76. The van der Waals surface area contributed by atoms with Crippen LogP contribution in [0.5, 0.6) is 0 Å². The number of imidazole rings is 1. The first-order valence-electron chi connectivity index (χ1n) is 6.71. The van der Waals surface area contributed by atoms with Crippen LogP contribution in [0.15, 0.2) is 22.9 Å². The molecule has 1 N–H and O–H groups in total. The molecule has 0 unspecified atom stereocenters. The Morgan fingerprint density at radius 1 is 1.42 bits per heavy atom. The summed E-state index contributed by atoms with van der Waals surface area (Å²) >= 11 is 0. The average molecular weight is 260 g/mol. The van der Waals surface area contributed by atoms with Gasteiger partial charge in [0.1, 0.15) is 17.3 Å². The van der Waals surface area contributed by atoms with Crippen molar-refractivity contribution in [2.24, 2.45) is 0 Å². The smallest absolute Gasteiger partial charge is 0.122 e. The Hall–Kier alpha value is -1.59. The molecule has 2 aromatic heterocycles. The van der Waals surface area contributed by atoms with Crippen LogP contribution in [0.4, 0.5) is 0 Å². The van der Waals surface area contributed by atoms with E-state index >= 15 is 0 Å². The summed E-state index contributed by atoms with van der Waals surface area (Å²) < 4.78 is 7.97. The van der Waals surface area contributed by atoms with E-state index in [2.05, 4.69) is 32.0 Å². The fourth-order valence-corrected chi connectivity index (χ4v) is 2.61. The molecule has 0 saturated carbocycles. The van der Waals surface area contributed by atoms with Crippen LogP contribution < -0.4 is 5.32 Å². The molecule has 0 amide bonds. The van der Waals surface area contributed by atoms with E-state index in [9.17, 15) is 0 Å². The zero-order valence-corrected chi connectivity index (χ0v) is 11.5. The SMILES string of the molecule is CNCc1cc(CN2CCn3ccnc3C2)c(C)o1. The third-order valence-corrected chi connectivity index (χ3v) is 3.64. The predicted molar refractivity (Wildman–Crippen MR) is 72.5 cm³/mol. The van der Waals surface area contributed by atoms with Gasteiger partial charge in [0.2, 0.25) is 0 Å². The van der Waals surface area contributed by atoms with Gasteiger partial charge < -0.3 is 14.3 Å². The number of furan rings is 1. The van der Waals surface area contributed by atoms with Gasteiger partial charge in [-0.3, -0.25) is 4.90 Å². The number of aryl methyl sites for hydroxylation is 1. The number of aromatic nitrogens is 2. The molecule has 1 aliphatic rings. The van der Waals surface area contributed by atoms with Gasteiger partial charge in [0.25, 0.3) is 0 Å². The summed E-state index contributed by atoms with van der Waals surface area (Å²) in [4.78, 5) is 6.81. The van der Waals surface area contributed by atoms with Crippen molar-refractivity contribution in [3.8, 4) is 0 Å². The minimum absolute atomic E-state index is 0.783. The Labute approximate surface area is 113 Å². The van der Waals surface area contributed by atoms with Crippen LogP contribution in [0.1, 0.15) is 22.9 Å². The van der Waals surface area contributed by atoms with Gasteiger partial charge in [-0.25, -0.2) is 4.98 Å². The third kappa shape index (κ3) is 2.57. The van der Waals surface area contributed by atoms with Crippen LogP contribution in [0, 0.1) is 6.92 Å². The second kappa shape index (κ2) is 5.19. The molecular formula is C14H20N4O. The van der Waals surface area contributed by atoms with Crippen molar-refractivity contribution < 1.29 is 4.42 Å². The van der Waals surface area contributed by atoms with Crippen LogP contribution in [-0.4, -0.2) is 28.0 Å². The summed E-state index contributed by atoms with van der Waals surface area (Å²) in [7, 11) is 1.93. The molecule has 3 rings (SSSR count). The third-order valence-electron chi connectivity index (χ3n) is 3.64.